The van der Waals surface area contributed by atoms with Gasteiger partial charge in [0.05, 0.1) is 0 Å². The minimum atomic E-state index is 0.760. The van der Waals surface area contributed by atoms with Crippen LogP contribution in [0.2, 0.25) is 0 Å². The van der Waals surface area contributed by atoms with Crippen LogP contribution in [0.1, 0.15) is 16.7 Å². The van der Waals surface area contributed by atoms with Crippen molar-refractivity contribution in [1.29, 1.82) is 0 Å². The van der Waals surface area contributed by atoms with Crippen LogP contribution < -0.4 is 5.32 Å². The van der Waals surface area contributed by atoms with E-state index in [9.17, 15) is 0 Å². The molecular formula is C24H22N2O. The maximum Gasteiger partial charge on any atom is 0.167 e. The zero-order valence-corrected chi connectivity index (χ0v) is 15.2. The third kappa shape index (κ3) is 3.69. The Hall–Kier alpha value is -3.17. The lowest BCUT2D eigenvalue weighted by atomic mass is 9.94. The number of para-hydroxylation sites is 1. The van der Waals surface area contributed by atoms with Crippen LogP contribution in [-0.2, 0) is 19.5 Å². The van der Waals surface area contributed by atoms with Crippen molar-refractivity contribution in [3.05, 3.63) is 102 Å². The van der Waals surface area contributed by atoms with Crippen LogP contribution >= 0.6 is 0 Å². The molecule has 0 unspecified atom stereocenters. The van der Waals surface area contributed by atoms with Crippen molar-refractivity contribution in [2.45, 2.75) is 19.5 Å². The quantitative estimate of drug-likeness (QED) is 0.445. The summed E-state index contributed by atoms with van der Waals surface area (Å²) in [5, 5.41) is 8.99. The molecule has 0 aliphatic heterocycles. The number of fused-ring (bicyclic) bond motifs is 1. The van der Waals surface area contributed by atoms with Crippen LogP contribution in [0.15, 0.2) is 90.0 Å². The van der Waals surface area contributed by atoms with E-state index in [1.54, 1.807) is 0 Å². The van der Waals surface area contributed by atoms with E-state index in [-0.39, 0.29) is 0 Å². The van der Waals surface area contributed by atoms with Crippen LogP contribution in [0.4, 0.5) is 0 Å². The van der Waals surface area contributed by atoms with Crippen LogP contribution in [0.25, 0.3) is 22.2 Å². The van der Waals surface area contributed by atoms with E-state index >= 15 is 0 Å². The molecule has 0 aliphatic rings. The van der Waals surface area contributed by atoms with E-state index in [0.29, 0.717) is 0 Å². The topological polar surface area (TPSA) is 38.1 Å². The number of allylic oxidation sites excluding steroid dienone is 1. The molecule has 0 atom stereocenters. The smallest absolute Gasteiger partial charge is 0.167 e. The highest BCUT2D eigenvalue weighted by molar-refractivity contribution is 5.93. The van der Waals surface area contributed by atoms with Crippen LogP contribution in [-0.4, -0.2) is 5.16 Å². The number of hydrogen-bond acceptors (Lipinski definition) is 3. The molecule has 3 nitrogen and oxygen atoms in total. The lowest BCUT2D eigenvalue weighted by Crippen LogP contribution is -2.14. The van der Waals surface area contributed by atoms with Gasteiger partial charge in [0.25, 0.3) is 0 Å². The number of nitrogens with zero attached hydrogens (tertiary/aromatic N) is 1. The summed E-state index contributed by atoms with van der Waals surface area (Å²) in [6.45, 7) is 5.50. The summed E-state index contributed by atoms with van der Waals surface area (Å²) in [4.78, 5) is 0. The van der Waals surface area contributed by atoms with Gasteiger partial charge in [-0.15, -0.1) is 6.58 Å². The van der Waals surface area contributed by atoms with Gasteiger partial charge in [-0.2, -0.15) is 0 Å². The fourth-order valence-electron chi connectivity index (χ4n) is 3.43. The summed E-state index contributed by atoms with van der Waals surface area (Å²) in [6, 6.07) is 24.8. The van der Waals surface area contributed by atoms with Crippen molar-refractivity contribution in [3.63, 3.8) is 0 Å². The summed E-state index contributed by atoms with van der Waals surface area (Å²) < 4.78 is 5.57. The van der Waals surface area contributed by atoms with Gasteiger partial charge in [-0.25, -0.2) is 0 Å². The van der Waals surface area contributed by atoms with Gasteiger partial charge in [-0.05, 0) is 35.2 Å². The first-order chi connectivity index (χ1) is 13.4. The predicted molar refractivity (Wildman–Crippen MR) is 110 cm³/mol. The maximum absolute atomic E-state index is 5.57. The normalized spacial score (nSPS) is 11.0. The van der Waals surface area contributed by atoms with Crippen molar-refractivity contribution in [1.82, 2.24) is 10.5 Å². The Morgan fingerprint density at radius 1 is 0.852 bits per heavy atom. The molecule has 4 rings (SSSR count). The maximum atomic E-state index is 5.57. The van der Waals surface area contributed by atoms with E-state index in [0.717, 1.165) is 41.7 Å². The summed E-state index contributed by atoms with van der Waals surface area (Å²) in [5.74, 6) is 0. The first-order valence-corrected chi connectivity index (χ1v) is 9.18. The second kappa shape index (κ2) is 8.02. The third-order valence-electron chi connectivity index (χ3n) is 4.70. The van der Waals surface area contributed by atoms with Gasteiger partial charge in [0, 0.05) is 24.0 Å². The molecular weight excluding hydrogens is 332 g/mol. The number of nitrogens with one attached hydrogen (secondary N) is 1. The first-order valence-electron chi connectivity index (χ1n) is 9.18. The SMILES string of the molecule is C=CCc1cccc(CNCc2ccccc2)c1-c1noc2ccccc12. The fraction of sp³-hybridized carbons (Fsp3) is 0.125. The molecule has 0 amide bonds. The molecule has 1 aromatic heterocycles. The molecule has 0 fully saturated rings. The Morgan fingerprint density at radius 3 is 2.48 bits per heavy atom. The van der Waals surface area contributed by atoms with Gasteiger partial charge in [-0.3, -0.25) is 0 Å². The second-order valence-corrected chi connectivity index (χ2v) is 6.56. The highest BCUT2D eigenvalue weighted by Gasteiger charge is 2.17. The molecule has 0 saturated carbocycles. The molecule has 134 valence electrons. The van der Waals surface area contributed by atoms with Gasteiger partial charge >= 0.3 is 0 Å². The van der Waals surface area contributed by atoms with Crippen molar-refractivity contribution in [2.75, 3.05) is 0 Å². The van der Waals surface area contributed by atoms with Gasteiger partial charge in [-0.1, -0.05) is 71.9 Å². The number of benzene rings is 3. The van der Waals surface area contributed by atoms with Gasteiger partial charge in [0.15, 0.2) is 5.58 Å². The van der Waals surface area contributed by atoms with Gasteiger partial charge in [0.2, 0.25) is 0 Å². The van der Waals surface area contributed by atoms with Gasteiger partial charge in [0.1, 0.15) is 5.69 Å². The van der Waals surface area contributed by atoms with E-state index in [2.05, 4.69) is 65.6 Å². The number of rotatable bonds is 7. The zero-order chi connectivity index (χ0) is 18.5. The third-order valence-corrected chi connectivity index (χ3v) is 4.70. The van der Waals surface area contributed by atoms with Crippen molar-refractivity contribution in [3.8, 4) is 11.3 Å². The van der Waals surface area contributed by atoms with E-state index < -0.39 is 0 Å². The van der Waals surface area contributed by atoms with E-state index in [4.69, 9.17) is 4.52 Å². The average Bonchev–Trinajstić information content (AvgIpc) is 3.13. The van der Waals surface area contributed by atoms with E-state index in [1.807, 2.05) is 30.3 Å². The van der Waals surface area contributed by atoms with E-state index in [1.165, 1.54) is 16.7 Å². The van der Waals surface area contributed by atoms with Gasteiger partial charge < -0.3 is 9.84 Å². The molecule has 0 saturated heterocycles. The molecule has 0 bridgehead atoms. The summed E-state index contributed by atoms with van der Waals surface area (Å²) >= 11 is 0. The lowest BCUT2D eigenvalue weighted by Gasteiger charge is -2.13. The second-order valence-electron chi connectivity index (χ2n) is 6.56. The standard InChI is InChI=1S/C24H22N2O/c1-2-9-19-12-8-13-20(17-25-16-18-10-4-3-5-11-18)23(19)24-21-14-6-7-15-22(21)27-26-24/h2-8,10-15,25H,1,9,16-17H2. The summed E-state index contributed by atoms with van der Waals surface area (Å²) in [7, 11) is 0. The molecule has 3 aromatic carbocycles. The van der Waals surface area contributed by atoms with Crippen molar-refractivity contribution < 1.29 is 4.52 Å². The highest BCUT2D eigenvalue weighted by Crippen LogP contribution is 2.33. The van der Waals surface area contributed by atoms with Crippen LogP contribution in [0, 0.1) is 0 Å². The molecule has 1 heterocycles. The molecule has 0 spiro atoms. The zero-order valence-electron chi connectivity index (χ0n) is 15.2. The Bertz CT molecular complexity index is 1050. The minimum absolute atomic E-state index is 0.760. The molecule has 1 N–H and O–H groups in total. The molecule has 4 aromatic rings. The Balaban J connectivity index is 1.69. The predicted octanol–water partition coefficient (Wildman–Crippen LogP) is 5.51. The average molecular weight is 354 g/mol. The summed E-state index contributed by atoms with van der Waals surface area (Å²) in [6.07, 6.45) is 2.73. The molecule has 3 heteroatoms. The lowest BCUT2D eigenvalue weighted by molar-refractivity contribution is 0.459. The number of hydrogen-bond donors (Lipinski definition) is 1. The van der Waals surface area contributed by atoms with Crippen molar-refractivity contribution in [2.24, 2.45) is 0 Å². The summed E-state index contributed by atoms with van der Waals surface area (Å²) in [5.41, 5.74) is 6.55. The van der Waals surface area contributed by atoms with Crippen molar-refractivity contribution >= 4 is 11.0 Å². The highest BCUT2D eigenvalue weighted by atomic mass is 16.5. The fourth-order valence-corrected chi connectivity index (χ4v) is 3.43. The first kappa shape index (κ1) is 17.3. The Kier molecular flexibility index (Phi) is 5.13. The van der Waals surface area contributed by atoms with Crippen LogP contribution in [0.5, 0.6) is 0 Å². The number of aromatic nitrogens is 1. The molecule has 0 aliphatic carbocycles. The largest absolute Gasteiger partial charge is 0.356 e. The monoisotopic (exact) mass is 354 g/mol. The Labute approximate surface area is 159 Å². The van der Waals surface area contributed by atoms with Crippen LogP contribution in [0.3, 0.4) is 0 Å². The Morgan fingerprint density at radius 2 is 1.63 bits per heavy atom. The minimum Gasteiger partial charge on any atom is -0.356 e. The molecule has 27 heavy (non-hydrogen) atoms. The molecule has 0 radical (unpaired) electrons.